The van der Waals surface area contributed by atoms with Gasteiger partial charge in [0.2, 0.25) is 0 Å². The summed E-state index contributed by atoms with van der Waals surface area (Å²) in [6.45, 7) is 0. The third-order valence-electron chi connectivity index (χ3n) is 2.92. The zero-order valence-corrected chi connectivity index (χ0v) is 11.2. The van der Waals surface area contributed by atoms with Gasteiger partial charge in [0.15, 0.2) is 0 Å². The lowest BCUT2D eigenvalue weighted by Gasteiger charge is -2.15. The number of thiophene rings is 1. The third kappa shape index (κ3) is 1.87. The number of aromatic nitrogens is 1. The predicted octanol–water partition coefficient (Wildman–Crippen LogP) is 4.03. The smallest absolute Gasteiger partial charge is 0.136 e. The Labute approximate surface area is 111 Å². The molecule has 2 heterocycles. The quantitative estimate of drug-likeness (QED) is 0.686. The van der Waals surface area contributed by atoms with Crippen molar-refractivity contribution < 1.29 is 0 Å². The molecule has 0 amide bonds. The van der Waals surface area contributed by atoms with E-state index in [1.165, 1.54) is 15.6 Å². The van der Waals surface area contributed by atoms with Gasteiger partial charge in [-0.25, -0.2) is 4.98 Å². The molecule has 3 aromatic rings. The zero-order valence-electron chi connectivity index (χ0n) is 10.4. The molecule has 0 saturated heterocycles. The molecule has 0 radical (unpaired) electrons. The molecule has 90 valence electrons. The fourth-order valence-corrected chi connectivity index (χ4v) is 2.76. The highest BCUT2D eigenvalue weighted by molar-refractivity contribution is 7.13. The van der Waals surface area contributed by atoms with Crippen molar-refractivity contribution in [2.24, 2.45) is 0 Å². The van der Waals surface area contributed by atoms with Gasteiger partial charge in [0, 0.05) is 19.5 Å². The Bertz CT molecular complexity index is 672. The van der Waals surface area contributed by atoms with Crippen LogP contribution in [0.15, 0.2) is 47.8 Å². The number of pyridine rings is 1. The molecule has 0 saturated carbocycles. The van der Waals surface area contributed by atoms with Crippen molar-refractivity contribution in [1.29, 1.82) is 0 Å². The molecule has 1 aromatic carbocycles. The van der Waals surface area contributed by atoms with Crippen LogP contribution in [-0.2, 0) is 0 Å². The van der Waals surface area contributed by atoms with E-state index in [4.69, 9.17) is 4.98 Å². The van der Waals surface area contributed by atoms with Gasteiger partial charge in [0.05, 0.1) is 10.6 Å². The van der Waals surface area contributed by atoms with Crippen molar-refractivity contribution in [3.63, 3.8) is 0 Å². The van der Waals surface area contributed by atoms with Gasteiger partial charge < -0.3 is 4.90 Å². The topological polar surface area (TPSA) is 16.1 Å². The van der Waals surface area contributed by atoms with E-state index in [9.17, 15) is 0 Å². The van der Waals surface area contributed by atoms with Gasteiger partial charge in [-0.05, 0) is 22.9 Å². The molecule has 18 heavy (non-hydrogen) atoms. The third-order valence-corrected chi connectivity index (χ3v) is 3.81. The maximum Gasteiger partial charge on any atom is 0.136 e. The van der Waals surface area contributed by atoms with Gasteiger partial charge in [-0.3, -0.25) is 0 Å². The second kappa shape index (κ2) is 4.42. The predicted molar refractivity (Wildman–Crippen MR) is 79.4 cm³/mol. The van der Waals surface area contributed by atoms with Crippen LogP contribution in [0.4, 0.5) is 5.82 Å². The molecular formula is C15H14N2S. The van der Waals surface area contributed by atoms with Crippen molar-refractivity contribution in [3.05, 3.63) is 47.8 Å². The van der Waals surface area contributed by atoms with Gasteiger partial charge in [-0.15, -0.1) is 11.3 Å². The standard InChI is InChI=1S/C15H14N2S/c1-17(2)15-12-7-4-3-6-11(12)10-13(16-15)14-8-5-9-18-14/h3-10H,1-2H3. The van der Waals surface area contributed by atoms with Crippen molar-refractivity contribution in [2.75, 3.05) is 19.0 Å². The van der Waals surface area contributed by atoms with Crippen molar-refractivity contribution in [3.8, 4) is 10.6 Å². The maximum atomic E-state index is 4.78. The van der Waals surface area contributed by atoms with E-state index in [-0.39, 0.29) is 0 Å². The molecule has 0 aliphatic rings. The van der Waals surface area contributed by atoms with E-state index in [2.05, 4.69) is 52.7 Å². The highest BCUT2D eigenvalue weighted by Gasteiger charge is 2.09. The average Bonchev–Trinajstić information content (AvgIpc) is 2.91. The van der Waals surface area contributed by atoms with Gasteiger partial charge in [0.1, 0.15) is 5.82 Å². The Morgan fingerprint density at radius 1 is 1.06 bits per heavy atom. The number of rotatable bonds is 2. The molecule has 0 atom stereocenters. The SMILES string of the molecule is CN(C)c1nc(-c2cccs2)cc2ccccc12. The Balaban J connectivity index is 2.30. The summed E-state index contributed by atoms with van der Waals surface area (Å²) in [7, 11) is 4.07. The number of hydrogen-bond acceptors (Lipinski definition) is 3. The molecular weight excluding hydrogens is 240 g/mol. The molecule has 2 aromatic heterocycles. The summed E-state index contributed by atoms with van der Waals surface area (Å²) >= 11 is 1.72. The summed E-state index contributed by atoms with van der Waals surface area (Å²) in [6, 6.07) is 14.7. The molecule has 0 N–H and O–H groups in total. The van der Waals surface area contributed by atoms with Crippen LogP contribution in [0, 0.1) is 0 Å². The zero-order chi connectivity index (χ0) is 12.5. The number of anilines is 1. The van der Waals surface area contributed by atoms with Crippen molar-refractivity contribution in [1.82, 2.24) is 4.98 Å². The first-order valence-electron chi connectivity index (χ1n) is 5.87. The van der Waals surface area contributed by atoms with Crippen LogP contribution in [-0.4, -0.2) is 19.1 Å². The number of benzene rings is 1. The van der Waals surface area contributed by atoms with Crippen LogP contribution in [0.25, 0.3) is 21.3 Å². The van der Waals surface area contributed by atoms with E-state index in [0.29, 0.717) is 0 Å². The van der Waals surface area contributed by atoms with E-state index >= 15 is 0 Å². The molecule has 2 nitrogen and oxygen atoms in total. The maximum absolute atomic E-state index is 4.78. The number of fused-ring (bicyclic) bond motifs is 1. The van der Waals surface area contributed by atoms with Gasteiger partial charge in [-0.1, -0.05) is 30.3 Å². The summed E-state index contributed by atoms with van der Waals surface area (Å²) in [5.74, 6) is 1.02. The second-order valence-electron chi connectivity index (χ2n) is 4.42. The number of nitrogens with zero attached hydrogens (tertiary/aromatic N) is 2. The summed E-state index contributed by atoms with van der Waals surface area (Å²) in [4.78, 5) is 8.06. The lowest BCUT2D eigenvalue weighted by molar-refractivity contribution is 1.09. The first-order valence-corrected chi connectivity index (χ1v) is 6.74. The number of hydrogen-bond donors (Lipinski definition) is 0. The first kappa shape index (κ1) is 11.2. The second-order valence-corrected chi connectivity index (χ2v) is 5.37. The molecule has 3 heteroatoms. The molecule has 0 unspecified atom stereocenters. The van der Waals surface area contributed by atoms with Gasteiger partial charge in [-0.2, -0.15) is 0 Å². The molecule has 0 aliphatic carbocycles. The molecule has 0 fully saturated rings. The van der Waals surface area contributed by atoms with E-state index in [1.54, 1.807) is 11.3 Å². The van der Waals surface area contributed by atoms with Crippen LogP contribution >= 0.6 is 11.3 Å². The Morgan fingerprint density at radius 3 is 2.61 bits per heavy atom. The fraction of sp³-hybridized carbons (Fsp3) is 0.133. The summed E-state index contributed by atoms with van der Waals surface area (Å²) < 4.78 is 0. The minimum atomic E-state index is 1.02. The highest BCUT2D eigenvalue weighted by Crippen LogP contribution is 2.30. The summed E-state index contributed by atoms with van der Waals surface area (Å²) in [5, 5.41) is 4.52. The Kier molecular flexibility index (Phi) is 2.76. The van der Waals surface area contributed by atoms with Crippen molar-refractivity contribution in [2.45, 2.75) is 0 Å². The van der Waals surface area contributed by atoms with E-state index in [0.717, 1.165) is 11.5 Å². The highest BCUT2D eigenvalue weighted by atomic mass is 32.1. The minimum Gasteiger partial charge on any atom is -0.362 e. The first-order chi connectivity index (χ1) is 8.75. The van der Waals surface area contributed by atoms with Crippen LogP contribution < -0.4 is 4.90 Å². The van der Waals surface area contributed by atoms with Gasteiger partial charge in [0.25, 0.3) is 0 Å². The summed E-state index contributed by atoms with van der Waals surface area (Å²) in [5.41, 5.74) is 1.05. The molecule has 0 bridgehead atoms. The Morgan fingerprint density at radius 2 is 1.89 bits per heavy atom. The monoisotopic (exact) mass is 254 g/mol. The fourth-order valence-electron chi connectivity index (χ4n) is 2.07. The summed E-state index contributed by atoms with van der Waals surface area (Å²) in [6.07, 6.45) is 0. The lowest BCUT2D eigenvalue weighted by Crippen LogP contribution is -2.11. The van der Waals surface area contributed by atoms with E-state index < -0.39 is 0 Å². The van der Waals surface area contributed by atoms with Crippen LogP contribution in [0.3, 0.4) is 0 Å². The Hall–Kier alpha value is -1.87. The minimum absolute atomic E-state index is 1.02. The van der Waals surface area contributed by atoms with E-state index in [1.807, 2.05) is 14.1 Å². The van der Waals surface area contributed by atoms with Crippen LogP contribution in [0.5, 0.6) is 0 Å². The molecule has 3 rings (SSSR count). The average molecular weight is 254 g/mol. The van der Waals surface area contributed by atoms with Crippen LogP contribution in [0.1, 0.15) is 0 Å². The van der Waals surface area contributed by atoms with Gasteiger partial charge >= 0.3 is 0 Å². The van der Waals surface area contributed by atoms with Crippen molar-refractivity contribution >= 4 is 27.9 Å². The molecule has 0 aliphatic heterocycles. The lowest BCUT2D eigenvalue weighted by atomic mass is 10.1. The molecule has 0 spiro atoms. The van der Waals surface area contributed by atoms with Crippen LogP contribution in [0.2, 0.25) is 0 Å². The largest absolute Gasteiger partial charge is 0.362 e. The normalized spacial score (nSPS) is 10.8.